The standard InChI is InChI=1S/C22H32NO3S/c1-2-3-4-5-6-7-8-9-10-13-18-26-21-16-17-22(27(23,24)25)20-15-12-11-14-19(20)21/h11-12,14-17,23H,2-10,13,18H2,1H3. The van der Waals surface area contributed by atoms with Crippen LogP contribution in [0, 0.1) is 0 Å². The Kier molecular flexibility index (Phi) is 9.08. The van der Waals surface area contributed by atoms with Gasteiger partial charge in [0, 0.05) is 10.8 Å². The van der Waals surface area contributed by atoms with E-state index in [1.807, 2.05) is 12.1 Å². The van der Waals surface area contributed by atoms with Crippen LogP contribution in [0.3, 0.4) is 0 Å². The van der Waals surface area contributed by atoms with Crippen LogP contribution in [0.5, 0.6) is 5.75 Å². The predicted octanol–water partition coefficient (Wildman–Crippen LogP) is 6.11. The molecule has 0 aliphatic carbocycles. The summed E-state index contributed by atoms with van der Waals surface area (Å²) < 4.78 is 29.2. The summed E-state index contributed by atoms with van der Waals surface area (Å²) >= 11 is 0. The van der Waals surface area contributed by atoms with Crippen molar-refractivity contribution in [1.29, 1.82) is 0 Å². The maximum Gasteiger partial charge on any atom is 0.254 e. The number of sulfonamides is 1. The molecule has 0 amide bonds. The number of rotatable bonds is 13. The van der Waals surface area contributed by atoms with Crippen LogP contribution in [-0.4, -0.2) is 15.0 Å². The van der Waals surface area contributed by atoms with E-state index in [1.54, 1.807) is 18.2 Å². The molecule has 2 aromatic carbocycles. The van der Waals surface area contributed by atoms with Gasteiger partial charge >= 0.3 is 0 Å². The minimum Gasteiger partial charge on any atom is -0.493 e. The molecule has 0 heterocycles. The highest BCUT2D eigenvalue weighted by Gasteiger charge is 2.15. The lowest BCUT2D eigenvalue weighted by Gasteiger charge is -2.11. The maximum absolute atomic E-state index is 11.6. The Morgan fingerprint density at radius 2 is 1.33 bits per heavy atom. The summed E-state index contributed by atoms with van der Waals surface area (Å²) in [5.74, 6) is 0.689. The molecule has 0 aliphatic heterocycles. The SMILES string of the molecule is CCCCCCCCCCCCOc1ccc(S([NH])(=O)=O)c2ccccc12. The molecule has 0 aromatic heterocycles. The molecule has 0 bridgehead atoms. The van der Waals surface area contributed by atoms with E-state index in [9.17, 15) is 8.42 Å². The minimum absolute atomic E-state index is 0.0318. The summed E-state index contributed by atoms with van der Waals surface area (Å²) in [4.78, 5) is 0.0318. The van der Waals surface area contributed by atoms with Crippen molar-refractivity contribution >= 4 is 20.8 Å². The molecular formula is C22H32NO3S. The molecule has 1 N–H and O–H groups in total. The number of hydrogen-bond donors (Lipinski definition) is 0. The number of benzene rings is 2. The van der Waals surface area contributed by atoms with E-state index in [-0.39, 0.29) is 4.90 Å². The van der Waals surface area contributed by atoms with Gasteiger partial charge in [0.1, 0.15) is 5.75 Å². The van der Waals surface area contributed by atoms with E-state index in [1.165, 1.54) is 57.4 Å². The number of unbranched alkanes of at least 4 members (excludes halogenated alkanes) is 9. The van der Waals surface area contributed by atoms with Crippen LogP contribution in [0.1, 0.15) is 71.1 Å². The van der Waals surface area contributed by atoms with Crippen molar-refractivity contribution < 1.29 is 13.2 Å². The number of ether oxygens (including phenoxy) is 1. The molecule has 27 heavy (non-hydrogen) atoms. The van der Waals surface area contributed by atoms with Gasteiger partial charge in [-0.2, -0.15) is 0 Å². The third-order valence-electron chi connectivity index (χ3n) is 4.89. The van der Waals surface area contributed by atoms with Gasteiger partial charge in [-0.15, -0.1) is 5.14 Å². The lowest BCUT2D eigenvalue weighted by Crippen LogP contribution is -2.03. The monoisotopic (exact) mass is 390 g/mol. The zero-order valence-electron chi connectivity index (χ0n) is 16.4. The van der Waals surface area contributed by atoms with Gasteiger partial charge in [-0.1, -0.05) is 89.0 Å². The molecule has 5 heteroatoms. The first-order valence-corrected chi connectivity index (χ1v) is 11.7. The largest absolute Gasteiger partial charge is 0.493 e. The van der Waals surface area contributed by atoms with Crippen molar-refractivity contribution in [2.75, 3.05) is 6.61 Å². The van der Waals surface area contributed by atoms with Gasteiger partial charge in [0.2, 0.25) is 0 Å². The zero-order chi connectivity index (χ0) is 19.5. The van der Waals surface area contributed by atoms with Crippen LogP contribution in [-0.2, 0) is 10.0 Å². The van der Waals surface area contributed by atoms with E-state index < -0.39 is 10.0 Å². The lowest BCUT2D eigenvalue weighted by molar-refractivity contribution is 0.307. The predicted molar refractivity (Wildman–Crippen MR) is 112 cm³/mol. The van der Waals surface area contributed by atoms with Crippen molar-refractivity contribution in [1.82, 2.24) is 5.14 Å². The van der Waals surface area contributed by atoms with E-state index in [4.69, 9.17) is 9.88 Å². The van der Waals surface area contributed by atoms with Crippen molar-refractivity contribution in [2.45, 2.75) is 76.0 Å². The number of nitrogens with one attached hydrogen (secondary N) is 1. The van der Waals surface area contributed by atoms with Gasteiger partial charge in [-0.25, -0.2) is 8.42 Å². The summed E-state index contributed by atoms with van der Waals surface area (Å²) in [5.41, 5.74) is 0. The van der Waals surface area contributed by atoms with Crippen LogP contribution in [0.25, 0.3) is 10.8 Å². The maximum atomic E-state index is 11.6. The van der Waals surface area contributed by atoms with E-state index in [0.717, 1.165) is 18.2 Å². The van der Waals surface area contributed by atoms with E-state index >= 15 is 0 Å². The third kappa shape index (κ3) is 7.15. The second kappa shape index (κ2) is 11.3. The Balaban J connectivity index is 1.75. The summed E-state index contributed by atoms with van der Waals surface area (Å²) in [5, 5.41) is 8.65. The Bertz CT molecular complexity index is 802. The number of fused-ring (bicyclic) bond motifs is 1. The average molecular weight is 391 g/mol. The summed E-state index contributed by atoms with van der Waals surface area (Å²) in [6.45, 7) is 2.88. The summed E-state index contributed by atoms with van der Waals surface area (Å²) in [6.07, 6.45) is 12.8. The Hall–Kier alpha value is -1.59. The van der Waals surface area contributed by atoms with Gasteiger partial charge in [-0.3, -0.25) is 0 Å². The molecule has 0 spiro atoms. The van der Waals surface area contributed by atoms with E-state index in [0.29, 0.717) is 17.7 Å². The van der Waals surface area contributed by atoms with Gasteiger partial charge in [0.25, 0.3) is 10.0 Å². The van der Waals surface area contributed by atoms with Crippen molar-refractivity contribution in [3.05, 3.63) is 36.4 Å². The fraction of sp³-hybridized carbons (Fsp3) is 0.545. The van der Waals surface area contributed by atoms with Gasteiger partial charge in [-0.05, 0) is 18.6 Å². The van der Waals surface area contributed by atoms with E-state index in [2.05, 4.69) is 6.92 Å². The second-order valence-electron chi connectivity index (χ2n) is 7.14. The molecule has 0 saturated carbocycles. The van der Waals surface area contributed by atoms with Crippen LogP contribution >= 0.6 is 0 Å². The zero-order valence-corrected chi connectivity index (χ0v) is 17.2. The van der Waals surface area contributed by atoms with Gasteiger partial charge < -0.3 is 4.74 Å². The highest BCUT2D eigenvalue weighted by Crippen LogP contribution is 2.31. The highest BCUT2D eigenvalue weighted by atomic mass is 32.2. The topological polar surface area (TPSA) is 67.2 Å². The quantitative estimate of drug-likeness (QED) is 0.387. The first kappa shape index (κ1) is 21.7. The van der Waals surface area contributed by atoms with Crippen molar-refractivity contribution in [3.8, 4) is 5.75 Å². The molecule has 2 rings (SSSR count). The molecule has 2 aromatic rings. The molecule has 149 valence electrons. The Morgan fingerprint density at radius 1 is 0.778 bits per heavy atom. The molecule has 0 aliphatic rings. The van der Waals surface area contributed by atoms with Crippen LogP contribution in [0.4, 0.5) is 0 Å². The second-order valence-corrected chi connectivity index (χ2v) is 8.59. The van der Waals surface area contributed by atoms with Crippen molar-refractivity contribution in [2.24, 2.45) is 0 Å². The molecular weight excluding hydrogens is 358 g/mol. The van der Waals surface area contributed by atoms with Crippen molar-refractivity contribution in [3.63, 3.8) is 0 Å². The average Bonchev–Trinajstić information content (AvgIpc) is 2.65. The first-order valence-electron chi connectivity index (χ1n) is 10.2. The molecule has 0 fully saturated rings. The lowest BCUT2D eigenvalue weighted by atomic mass is 10.1. The third-order valence-corrected chi connectivity index (χ3v) is 5.82. The normalized spacial score (nSPS) is 11.8. The van der Waals surface area contributed by atoms with Crippen LogP contribution in [0.2, 0.25) is 0 Å². The molecule has 1 radical (unpaired) electrons. The summed E-state index contributed by atoms with van der Waals surface area (Å²) in [7, 11) is -4.00. The Morgan fingerprint density at radius 3 is 1.93 bits per heavy atom. The molecule has 0 saturated heterocycles. The summed E-state index contributed by atoms with van der Waals surface area (Å²) in [6, 6.07) is 10.3. The van der Waals surface area contributed by atoms with Crippen LogP contribution < -0.4 is 9.88 Å². The fourth-order valence-corrected chi connectivity index (χ4v) is 4.09. The molecule has 4 nitrogen and oxygen atoms in total. The smallest absolute Gasteiger partial charge is 0.254 e. The fourth-order valence-electron chi connectivity index (χ4n) is 3.38. The van der Waals surface area contributed by atoms with Crippen LogP contribution in [0.15, 0.2) is 41.3 Å². The minimum atomic E-state index is -4.00. The highest BCUT2D eigenvalue weighted by molar-refractivity contribution is 7.89. The molecule has 0 atom stereocenters. The first-order chi connectivity index (χ1) is 13.0. The van der Waals surface area contributed by atoms with Gasteiger partial charge in [0.15, 0.2) is 0 Å². The Labute approximate surface area is 164 Å². The number of hydrogen-bond acceptors (Lipinski definition) is 3. The van der Waals surface area contributed by atoms with Gasteiger partial charge in [0.05, 0.1) is 11.5 Å². The molecule has 0 unspecified atom stereocenters.